The molecular weight excluding hydrogens is 504 g/mol. The van der Waals surface area contributed by atoms with Gasteiger partial charge in [0, 0.05) is 34.8 Å². The largest absolute Gasteiger partial charge is 0.481 e. The summed E-state index contributed by atoms with van der Waals surface area (Å²) in [5, 5.41) is 29.6. The number of carboxylic acids is 2. The van der Waals surface area contributed by atoms with Crippen molar-refractivity contribution in [1.82, 2.24) is 21.3 Å². The molecule has 4 aliphatic heterocycles. The maximum absolute atomic E-state index is 11.1. The second kappa shape index (κ2) is 14.6. The Morgan fingerprint density at radius 1 is 0.735 bits per heavy atom. The minimum atomic E-state index is -0.729. The van der Waals surface area contributed by atoms with Crippen LogP contribution in [-0.2, 0) is 22.1 Å². The van der Waals surface area contributed by atoms with Crippen LogP contribution in [0.1, 0.15) is 51.4 Å². The number of carboxylic acid groups (broad SMARTS) is 2. The smallest absolute Gasteiger partial charge is 0.315 e. The molecule has 192 valence electrons. The van der Waals surface area contributed by atoms with Crippen molar-refractivity contribution in [1.29, 1.82) is 0 Å². The molecule has 34 heavy (non-hydrogen) atoms. The molecule has 4 saturated heterocycles. The van der Waals surface area contributed by atoms with E-state index in [0.29, 0.717) is 10.5 Å². The van der Waals surface area contributed by atoms with Gasteiger partial charge in [0.2, 0.25) is 0 Å². The summed E-state index contributed by atoms with van der Waals surface area (Å²) in [4.78, 5) is 42.9. The fourth-order valence-electron chi connectivity index (χ4n) is 4.53. The second-order valence-corrected chi connectivity index (χ2v) is 11.1. The van der Waals surface area contributed by atoms with Crippen LogP contribution >= 0.6 is 23.5 Å². The van der Waals surface area contributed by atoms with Crippen LogP contribution in [0.2, 0.25) is 0 Å². The average Bonchev–Trinajstić information content (AvgIpc) is 3.53. The number of nitrogens with one attached hydrogen (secondary N) is 4. The van der Waals surface area contributed by atoms with Crippen molar-refractivity contribution < 1.29 is 33.6 Å². The molecule has 0 spiro atoms. The number of unbranched alkanes of at least 4 members (excludes halogenated alkanes) is 2. The maximum atomic E-state index is 11.1. The lowest BCUT2D eigenvalue weighted by Crippen LogP contribution is -2.36. The molecule has 4 fully saturated rings. The van der Waals surface area contributed by atoms with Gasteiger partial charge in [-0.1, -0.05) is 12.8 Å². The number of urea groups is 2. The minimum Gasteiger partial charge on any atom is -0.481 e. The predicted molar refractivity (Wildman–Crippen MR) is 131 cm³/mol. The Bertz CT molecular complexity index is 674. The van der Waals surface area contributed by atoms with Crippen LogP contribution in [0.3, 0.4) is 0 Å². The van der Waals surface area contributed by atoms with Gasteiger partial charge in [-0.15, -0.1) is 0 Å². The Balaban J connectivity index is 0.000000224. The van der Waals surface area contributed by atoms with Crippen LogP contribution in [0.25, 0.3) is 0 Å². The van der Waals surface area contributed by atoms with Crippen LogP contribution in [0.15, 0.2) is 0 Å². The first-order valence-electron chi connectivity index (χ1n) is 11.3. The van der Waals surface area contributed by atoms with Crippen molar-refractivity contribution in [2.75, 3.05) is 11.5 Å². The minimum absolute atomic E-state index is 0.0640. The number of thioether (sulfide) groups is 2. The van der Waals surface area contributed by atoms with Crippen molar-refractivity contribution >= 4 is 60.1 Å². The van der Waals surface area contributed by atoms with Crippen LogP contribution in [0.4, 0.5) is 9.59 Å². The number of amides is 4. The molecule has 0 aromatic rings. The summed E-state index contributed by atoms with van der Waals surface area (Å²) in [6, 6.07) is 0.880. The van der Waals surface area contributed by atoms with Gasteiger partial charge >= 0.3 is 24.0 Å². The van der Waals surface area contributed by atoms with Gasteiger partial charge in [0.05, 0.1) is 24.2 Å². The van der Waals surface area contributed by atoms with E-state index in [0.717, 1.165) is 50.0 Å². The van der Waals surface area contributed by atoms with Gasteiger partial charge in [0.25, 0.3) is 0 Å². The summed E-state index contributed by atoms with van der Waals surface area (Å²) in [5.74, 6) is 0.473. The van der Waals surface area contributed by atoms with E-state index in [4.69, 9.17) is 14.4 Å². The molecule has 0 bridgehead atoms. The number of aliphatic carboxylic acids is 2. The van der Waals surface area contributed by atoms with Crippen LogP contribution in [0.5, 0.6) is 0 Å². The molecular formula is C20H32N4O7S3. The summed E-state index contributed by atoms with van der Waals surface area (Å²) in [6.45, 7) is 0. The highest BCUT2D eigenvalue weighted by Crippen LogP contribution is 2.34. The van der Waals surface area contributed by atoms with Gasteiger partial charge in [-0.25, -0.2) is 9.59 Å². The van der Waals surface area contributed by atoms with Crippen molar-refractivity contribution in [2.24, 2.45) is 0 Å². The summed E-state index contributed by atoms with van der Waals surface area (Å²) < 4.78 is 7.83. The highest BCUT2D eigenvalue weighted by molar-refractivity contribution is 8.00. The lowest BCUT2D eigenvalue weighted by atomic mass is 10.0. The molecule has 2 unspecified atom stereocenters. The van der Waals surface area contributed by atoms with Gasteiger partial charge in [0.1, 0.15) is 0 Å². The molecule has 4 heterocycles. The zero-order valence-corrected chi connectivity index (χ0v) is 21.1. The van der Waals surface area contributed by atoms with E-state index in [1.54, 1.807) is 0 Å². The van der Waals surface area contributed by atoms with Gasteiger partial charge < -0.3 is 31.5 Å². The number of hydrogen-bond donors (Lipinski definition) is 6. The summed E-state index contributed by atoms with van der Waals surface area (Å²) >= 11 is 6.57. The highest BCUT2D eigenvalue weighted by Gasteiger charge is 2.43. The quantitative estimate of drug-likeness (QED) is 0.176. The number of carbonyl (C=O) groups excluding carboxylic acids is 2. The summed E-state index contributed by atoms with van der Waals surface area (Å²) in [5.41, 5.74) is 0. The molecule has 6 N–H and O–H groups in total. The lowest BCUT2D eigenvalue weighted by Gasteiger charge is -2.16. The fourth-order valence-corrected chi connectivity index (χ4v) is 7.62. The number of carbonyl (C=O) groups is 4. The Morgan fingerprint density at radius 3 is 1.47 bits per heavy atom. The van der Waals surface area contributed by atoms with Gasteiger partial charge in [0.15, 0.2) is 12.5 Å². The fraction of sp³-hybridized carbons (Fsp3) is 0.800. The van der Waals surface area contributed by atoms with Gasteiger partial charge in [-0.3, -0.25) is 9.59 Å². The predicted octanol–water partition coefficient (Wildman–Crippen LogP) is 1.26. The van der Waals surface area contributed by atoms with E-state index in [1.807, 2.05) is 23.5 Å². The Hall–Kier alpha value is -1.80. The maximum Gasteiger partial charge on any atom is 0.315 e. The van der Waals surface area contributed by atoms with E-state index < -0.39 is 11.9 Å². The van der Waals surface area contributed by atoms with Crippen molar-refractivity contribution in [3.63, 3.8) is 0 Å². The Kier molecular flexibility index (Phi) is 12.2. The van der Waals surface area contributed by atoms with E-state index >= 15 is 0 Å². The molecule has 4 aliphatic rings. The summed E-state index contributed by atoms with van der Waals surface area (Å²) in [6.07, 6.45) is 5.76. The first-order chi connectivity index (χ1) is 16.3. The average molecular weight is 537 g/mol. The summed E-state index contributed by atoms with van der Waals surface area (Å²) in [7, 11) is 0. The lowest BCUT2D eigenvalue weighted by molar-refractivity contribution is -0.138. The molecule has 0 radical (unpaired) electrons. The molecule has 0 aromatic heterocycles. The van der Waals surface area contributed by atoms with E-state index in [1.165, 1.54) is 0 Å². The molecule has 0 saturated carbocycles. The number of fused-ring (bicyclic) bond motifs is 2. The molecule has 14 heteroatoms. The Morgan fingerprint density at radius 2 is 1.12 bits per heavy atom. The molecule has 0 aromatic carbocycles. The van der Waals surface area contributed by atoms with E-state index in [2.05, 4.69) is 33.8 Å². The topological polar surface area (TPSA) is 174 Å². The third-order valence-electron chi connectivity index (χ3n) is 6.13. The van der Waals surface area contributed by atoms with Crippen molar-refractivity contribution in [2.45, 2.75) is 86.0 Å². The second-order valence-electron chi connectivity index (χ2n) is 8.52. The first kappa shape index (κ1) is 28.4. The zero-order chi connectivity index (χ0) is 25.1. The van der Waals surface area contributed by atoms with Crippen LogP contribution in [0, 0.1) is 0 Å². The standard InChI is InChI=1S/2C10H16N2O3S.OS/c2*13-8(14)4-2-1-3-7-9-6(5-16-7)11-10(15)12-9;1-2/h2*6-7,9H,1-5H2,(H,13,14)(H2,11,12,15);/t2*6-,7?,9-;/m00./s1. The third kappa shape index (κ3) is 8.77. The van der Waals surface area contributed by atoms with Crippen LogP contribution in [-0.4, -0.2) is 84.6 Å². The molecule has 4 amide bonds. The SMILES string of the molecule is O=C(O)CCCCC1SC[C@@H]2NC(=O)N[C@H]12.O=C(O)CCCCC1SC[C@@H]2NC(=O)N[C@H]12.O=S. The first-order valence-corrected chi connectivity index (χ1v) is 13.7. The van der Waals surface area contributed by atoms with Crippen molar-refractivity contribution in [3.8, 4) is 0 Å². The molecule has 0 aliphatic carbocycles. The third-order valence-corrected chi connectivity index (χ3v) is 9.15. The highest BCUT2D eigenvalue weighted by atomic mass is 32.2. The monoisotopic (exact) mass is 536 g/mol. The van der Waals surface area contributed by atoms with Gasteiger partial charge in [-0.05, 0) is 25.7 Å². The van der Waals surface area contributed by atoms with Crippen LogP contribution < -0.4 is 21.3 Å². The van der Waals surface area contributed by atoms with Gasteiger partial charge in [-0.2, -0.15) is 27.7 Å². The molecule has 4 rings (SSSR count). The molecule has 6 atom stereocenters. The number of hydrogen-bond acceptors (Lipinski definition) is 8. The van der Waals surface area contributed by atoms with E-state index in [-0.39, 0.29) is 49.1 Å². The normalized spacial score (nSPS) is 30.2. The molecule has 11 nitrogen and oxygen atoms in total. The zero-order valence-electron chi connectivity index (χ0n) is 18.7. The van der Waals surface area contributed by atoms with Crippen molar-refractivity contribution in [3.05, 3.63) is 0 Å². The number of rotatable bonds is 10. The Labute approximate surface area is 212 Å². The van der Waals surface area contributed by atoms with E-state index in [9.17, 15) is 19.2 Å².